The van der Waals surface area contributed by atoms with Gasteiger partial charge < -0.3 is 10.6 Å². The average Bonchev–Trinajstić information content (AvgIpc) is 2.96. The van der Waals surface area contributed by atoms with E-state index in [9.17, 15) is 0 Å². The SMILES string of the molecule is Cc1nc(CN)cc(N2CCCC2Cc2cccnc2)n1. The molecule has 1 saturated heterocycles. The van der Waals surface area contributed by atoms with Gasteiger partial charge in [-0.15, -0.1) is 0 Å². The molecule has 3 heterocycles. The molecule has 1 atom stereocenters. The van der Waals surface area contributed by atoms with E-state index in [2.05, 4.69) is 25.9 Å². The third-order valence-electron chi connectivity index (χ3n) is 3.95. The molecule has 0 spiro atoms. The van der Waals surface area contributed by atoms with E-state index in [1.54, 1.807) is 0 Å². The number of aromatic nitrogens is 3. The number of pyridine rings is 1. The zero-order valence-corrected chi connectivity index (χ0v) is 12.4. The molecule has 0 aromatic carbocycles. The van der Waals surface area contributed by atoms with Crippen molar-refractivity contribution in [1.29, 1.82) is 0 Å². The van der Waals surface area contributed by atoms with Crippen LogP contribution in [0.2, 0.25) is 0 Å². The molecule has 5 heteroatoms. The number of hydrogen-bond acceptors (Lipinski definition) is 5. The summed E-state index contributed by atoms with van der Waals surface area (Å²) in [6.45, 7) is 3.43. The lowest BCUT2D eigenvalue weighted by Crippen LogP contribution is -2.32. The van der Waals surface area contributed by atoms with Crippen molar-refractivity contribution in [3.05, 3.63) is 47.7 Å². The largest absolute Gasteiger partial charge is 0.353 e. The average molecular weight is 283 g/mol. The summed E-state index contributed by atoms with van der Waals surface area (Å²) in [6.07, 6.45) is 7.17. The van der Waals surface area contributed by atoms with Crippen molar-refractivity contribution in [3.8, 4) is 0 Å². The van der Waals surface area contributed by atoms with Crippen LogP contribution in [-0.4, -0.2) is 27.5 Å². The molecule has 110 valence electrons. The van der Waals surface area contributed by atoms with Crippen molar-refractivity contribution in [3.63, 3.8) is 0 Å². The van der Waals surface area contributed by atoms with E-state index >= 15 is 0 Å². The molecular weight excluding hydrogens is 262 g/mol. The Hall–Kier alpha value is -2.01. The van der Waals surface area contributed by atoms with Crippen LogP contribution in [0, 0.1) is 6.92 Å². The fourth-order valence-corrected chi connectivity index (χ4v) is 3.00. The van der Waals surface area contributed by atoms with Crippen LogP contribution in [0.5, 0.6) is 0 Å². The Morgan fingerprint density at radius 2 is 2.29 bits per heavy atom. The van der Waals surface area contributed by atoms with E-state index in [0.29, 0.717) is 12.6 Å². The fourth-order valence-electron chi connectivity index (χ4n) is 3.00. The van der Waals surface area contributed by atoms with Gasteiger partial charge in [-0.05, 0) is 37.8 Å². The summed E-state index contributed by atoms with van der Waals surface area (Å²) in [6, 6.07) is 6.64. The normalized spacial score (nSPS) is 18.2. The van der Waals surface area contributed by atoms with Crippen LogP contribution in [0.1, 0.15) is 29.9 Å². The zero-order valence-electron chi connectivity index (χ0n) is 12.4. The molecule has 1 aliphatic rings. The summed E-state index contributed by atoms with van der Waals surface area (Å²) >= 11 is 0. The first kappa shape index (κ1) is 13.9. The minimum atomic E-state index is 0.456. The van der Waals surface area contributed by atoms with Gasteiger partial charge in [0, 0.05) is 37.6 Å². The maximum Gasteiger partial charge on any atom is 0.132 e. The van der Waals surface area contributed by atoms with E-state index < -0.39 is 0 Å². The van der Waals surface area contributed by atoms with Crippen molar-refractivity contribution in [2.45, 2.75) is 38.8 Å². The Kier molecular flexibility index (Phi) is 4.10. The molecule has 0 radical (unpaired) electrons. The Labute approximate surface area is 125 Å². The summed E-state index contributed by atoms with van der Waals surface area (Å²) in [5.41, 5.74) is 7.91. The second-order valence-electron chi connectivity index (χ2n) is 5.52. The lowest BCUT2D eigenvalue weighted by molar-refractivity contribution is 0.654. The Bertz CT molecular complexity index is 599. The van der Waals surface area contributed by atoms with Crippen molar-refractivity contribution in [2.75, 3.05) is 11.4 Å². The molecule has 5 nitrogen and oxygen atoms in total. The summed E-state index contributed by atoms with van der Waals surface area (Å²) < 4.78 is 0. The van der Waals surface area contributed by atoms with Crippen LogP contribution in [0.3, 0.4) is 0 Å². The summed E-state index contributed by atoms with van der Waals surface area (Å²) in [5.74, 6) is 1.80. The zero-order chi connectivity index (χ0) is 14.7. The van der Waals surface area contributed by atoms with Gasteiger partial charge in [0.25, 0.3) is 0 Å². The third kappa shape index (κ3) is 3.19. The number of anilines is 1. The molecule has 0 aliphatic carbocycles. The highest BCUT2D eigenvalue weighted by Crippen LogP contribution is 2.26. The van der Waals surface area contributed by atoms with E-state index in [1.807, 2.05) is 31.5 Å². The molecule has 21 heavy (non-hydrogen) atoms. The van der Waals surface area contributed by atoms with E-state index in [4.69, 9.17) is 5.73 Å². The van der Waals surface area contributed by atoms with E-state index in [1.165, 1.54) is 18.4 Å². The maximum absolute atomic E-state index is 5.73. The van der Waals surface area contributed by atoms with E-state index in [0.717, 1.165) is 30.3 Å². The Balaban J connectivity index is 1.82. The summed E-state index contributed by atoms with van der Waals surface area (Å²) in [4.78, 5) is 15.6. The Morgan fingerprint density at radius 3 is 3.05 bits per heavy atom. The van der Waals surface area contributed by atoms with Crippen molar-refractivity contribution in [1.82, 2.24) is 15.0 Å². The lowest BCUT2D eigenvalue weighted by Gasteiger charge is -2.26. The minimum Gasteiger partial charge on any atom is -0.353 e. The van der Waals surface area contributed by atoms with Crippen molar-refractivity contribution >= 4 is 5.82 Å². The summed E-state index contributed by atoms with van der Waals surface area (Å²) in [5, 5.41) is 0. The van der Waals surface area contributed by atoms with Gasteiger partial charge in [0.2, 0.25) is 0 Å². The van der Waals surface area contributed by atoms with Gasteiger partial charge in [-0.3, -0.25) is 4.98 Å². The first-order chi connectivity index (χ1) is 10.3. The molecule has 2 aromatic rings. The van der Waals surface area contributed by atoms with Crippen molar-refractivity contribution in [2.24, 2.45) is 5.73 Å². The highest BCUT2D eigenvalue weighted by molar-refractivity contribution is 5.43. The predicted molar refractivity (Wildman–Crippen MR) is 83.0 cm³/mol. The molecule has 1 fully saturated rings. The molecular formula is C16H21N5. The van der Waals surface area contributed by atoms with Crippen LogP contribution in [0.4, 0.5) is 5.82 Å². The maximum atomic E-state index is 5.73. The lowest BCUT2D eigenvalue weighted by atomic mass is 10.1. The molecule has 1 unspecified atom stereocenters. The third-order valence-corrected chi connectivity index (χ3v) is 3.95. The predicted octanol–water partition coefficient (Wildman–Crippen LogP) is 1.85. The number of nitrogens with two attached hydrogens (primary N) is 1. The van der Waals surface area contributed by atoms with Crippen LogP contribution in [0.25, 0.3) is 0 Å². The smallest absolute Gasteiger partial charge is 0.132 e. The van der Waals surface area contributed by atoms with Gasteiger partial charge in [-0.25, -0.2) is 9.97 Å². The van der Waals surface area contributed by atoms with Crippen LogP contribution >= 0.6 is 0 Å². The number of hydrogen-bond donors (Lipinski definition) is 1. The monoisotopic (exact) mass is 283 g/mol. The van der Waals surface area contributed by atoms with Crippen LogP contribution in [0.15, 0.2) is 30.6 Å². The minimum absolute atomic E-state index is 0.456. The molecule has 0 saturated carbocycles. The summed E-state index contributed by atoms with van der Waals surface area (Å²) in [7, 11) is 0. The topological polar surface area (TPSA) is 67.9 Å². The first-order valence-electron chi connectivity index (χ1n) is 7.46. The standard InChI is InChI=1S/C16H21N5/c1-12-19-14(10-17)9-16(20-12)21-7-3-5-15(21)8-13-4-2-6-18-11-13/h2,4,6,9,11,15H,3,5,7-8,10,17H2,1H3. The molecule has 3 rings (SSSR count). The number of nitrogens with zero attached hydrogens (tertiary/aromatic N) is 4. The van der Waals surface area contributed by atoms with Crippen molar-refractivity contribution < 1.29 is 0 Å². The first-order valence-corrected chi connectivity index (χ1v) is 7.46. The molecule has 1 aliphatic heterocycles. The highest BCUT2D eigenvalue weighted by Gasteiger charge is 2.26. The van der Waals surface area contributed by atoms with E-state index in [-0.39, 0.29) is 0 Å². The Morgan fingerprint density at radius 1 is 1.38 bits per heavy atom. The molecule has 0 bridgehead atoms. The van der Waals surface area contributed by atoms with Gasteiger partial charge in [0.1, 0.15) is 11.6 Å². The van der Waals surface area contributed by atoms with Gasteiger partial charge in [0.15, 0.2) is 0 Å². The number of aryl methyl sites for hydroxylation is 1. The fraction of sp³-hybridized carbons (Fsp3) is 0.438. The number of rotatable bonds is 4. The second kappa shape index (κ2) is 6.18. The van der Waals surface area contributed by atoms with Crippen LogP contribution in [-0.2, 0) is 13.0 Å². The van der Waals surface area contributed by atoms with Gasteiger partial charge in [0.05, 0.1) is 5.69 Å². The second-order valence-corrected chi connectivity index (χ2v) is 5.52. The van der Waals surface area contributed by atoms with Gasteiger partial charge >= 0.3 is 0 Å². The molecule has 2 N–H and O–H groups in total. The quantitative estimate of drug-likeness (QED) is 0.927. The van der Waals surface area contributed by atoms with Gasteiger partial charge in [-0.2, -0.15) is 0 Å². The van der Waals surface area contributed by atoms with Crippen LogP contribution < -0.4 is 10.6 Å². The van der Waals surface area contributed by atoms with Gasteiger partial charge in [-0.1, -0.05) is 6.07 Å². The molecule has 2 aromatic heterocycles. The highest BCUT2D eigenvalue weighted by atomic mass is 15.2. The molecule has 0 amide bonds.